The third kappa shape index (κ3) is 8.96. The van der Waals surface area contributed by atoms with Crippen LogP contribution in [-0.4, -0.2) is 51.0 Å². The molecule has 5 N–H and O–H groups in total. The summed E-state index contributed by atoms with van der Waals surface area (Å²) in [5.74, 6) is -2.01. The Bertz CT molecular complexity index is 1250. The predicted molar refractivity (Wildman–Crippen MR) is 158 cm³/mol. The number of alkyl carbamates (subject to hydrolysis) is 1. The summed E-state index contributed by atoms with van der Waals surface area (Å²) in [5, 5.41) is 16.4. The summed E-state index contributed by atoms with van der Waals surface area (Å²) in [6.45, 7) is 14.2. The van der Waals surface area contributed by atoms with Gasteiger partial charge in [-0.25, -0.2) is 4.79 Å². The van der Waals surface area contributed by atoms with Gasteiger partial charge in [-0.05, 0) is 78.5 Å². The first-order chi connectivity index (χ1) is 19.0. The van der Waals surface area contributed by atoms with Gasteiger partial charge in [0.2, 0.25) is 11.8 Å². The van der Waals surface area contributed by atoms with Crippen LogP contribution in [0, 0.1) is 13.8 Å². The van der Waals surface area contributed by atoms with E-state index in [1.807, 2.05) is 39.0 Å². The number of hydrogen-bond acceptors (Lipinski definition) is 6. The first-order valence-electron chi connectivity index (χ1n) is 13.7. The van der Waals surface area contributed by atoms with Gasteiger partial charge in [0.1, 0.15) is 23.4 Å². The number of carbonyl (C=O) groups excluding carboxylic acids is 4. The number of para-hydroxylation sites is 2. The molecule has 41 heavy (non-hydrogen) atoms. The quantitative estimate of drug-likeness (QED) is 0.304. The number of nitrogens with one attached hydrogen (secondary N) is 2. The van der Waals surface area contributed by atoms with Gasteiger partial charge < -0.3 is 31.1 Å². The topological polar surface area (TPSA) is 151 Å². The molecule has 0 fully saturated rings. The van der Waals surface area contributed by atoms with Crippen LogP contribution in [0.4, 0.5) is 10.5 Å². The third-order valence-electron chi connectivity index (χ3n) is 6.89. The van der Waals surface area contributed by atoms with E-state index in [0.717, 1.165) is 11.1 Å². The van der Waals surface area contributed by atoms with Gasteiger partial charge in [0.25, 0.3) is 5.91 Å². The van der Waals surface area contributed by atoms with Crippen molar-refractivity contribution in [3.63, 3.8) is 0 Å². The number of nitrogens with two attached hydrogens (primary N) is 1. The number of carbonyl (C=O) groups is 4. The first kappa shape index (κ1) is 33.1. The number of rotatable bonds is 11. The van der Waals surface area contributed by atoms with Crippen LogP contribution in [-0.2, 0) is 19.1 Å². The molecule has 10 heteroatoms. The number of aryl methyl sites for hydroxylation is 2. The maximum atomic E-state index is 14.4. The van der Waals surface area contributed by atoms with Crippen LogP contribution in [0.3, 0.4) is 0 Å². The Morgan fingerprint density at radius 1 is 0.976 bits per heavy atom. The standard InChI is InChI=1S/C31H44N4O6/c1-9-31(7,8)35(28(39)22(17-18-24(32)37)33-29(40)41-30(4,5)6)26(21-15-10-11-16-23(21)36)27(38)34-25-19(2)13-12-14-20(25)3/h10-16,22,26,36H,9,17-18H2,1-8H3,(H2,32,37)(H,33,40)(H,34,38). The van der Waals surface area contributed by atoms with Crippen molar-refractivity contribution in [1.29, 1.82) is 0 Å². The van der Waals surface area contributed by atoms with E-state index in [4.69, 9.17) is 10.5 Å². The molecule has 0 aromatic heterocycles. The van der Waals surface area contributed by atoms with Gasteiger partial charge >= 0.3 is 6.09 Å². The number of aromatic hydroxyl groups is 1. The SMILES string of the molecule is CCC(C)(C)N(C(=O)C(CCC(N)=O)NC(=O)OC(C)(C)C)C(C(=O)Nc1c(C)cccc1C)c1ccccc1O. The van der Waals surface area contributed by atoms with E-state index >= 15 is 0 Å². The molecule has 0 aliphatic rings. The van der Waals surface area contributed by atoms with Crippen molar-refractivity contribution in [1.82, 2.24) is 10.2 Å². The average Bonchev–Trinajstić information content (AvgIpc) is 2.86. The number of benzene rings is 2. The maximum absolute atomic E-state index is 14.4. The molecule has 2 atom stereocenters. The molecule has 0 saturated heterocycles. The molecule has 0 aliphatic heterocycles. The zero-order valence-corrected chi connectivity index (χ0v) is 25.3. The van der Waals surface area contributed by atoms with Gasteiger partial charge in [0.05, 0.1) is 0 Å². The highest BCUT2D eigenvalue weighted by Crippen LogP contribution is 2.37. The van der Waals surface area contributed by atoms with E-state index in [1.54, 1.807) is 52.8 Å². The molecule has 0 heterocycles. The molecule has 2 aromatic rings. The normalized spacial score (nSPS) is 13.1. The fourth-order valence-electron chi connectivity index (χ4n) is 4.43. The number of nitrogens with zero attached hydrogens (tertiary/aromatic N) is 1. The Morgan fingerprint density at radius 3 is 2.07 bits per heavy atom. The second-order valence-electron chi connectivity index (χ2n) is 11.8. The Hall–Kier alpha value is -4.08. The minimum Gasteiger partial charge on any atom is -0.508 e. The molecule has 0 bridgehead atoms. The van der Waals surface area contributed by atoms with Crippen LogP contribution in [0.1, 0.15) is 83.5 Å². The van der Waals surface area contributed by atoms with E-state index in [9.17, 15) is 24.3 Å². The molecule has 0 aliphatic carbocycles. The fraction of sp³-hybridized carbons (Fsp3) is 0.484. The number of anilines is 1. The smallest absolute Gasteiger partial charge is 0.408 e. The van der Waals surface area contributed by atoms with Crippen LogP contribution in [0.25, 0.3) is 0 Å². The molecule has 0 radical (unpaired) electrons. The van der Waals surface area contributed by atoms with E-state index in [1.165, 1.54) is 11.0 Å². The van der Waals surface area contributed by atoms with Crippen LogP contribution >= 0.6 is 0 Å². The lowest BCUT2D eigenvalue weighted by atomic mass is 9.91. The lowest BCUT2D eigenvalue weighted by Gasteiger charge is -2.44. The maximum Gasteiger partial charge on any atom is 0.408 e. The summed E-state index contributed by atoms with van der Waals surface area (Å²) < 4.78 is 5.38. The van der Waals surface area contributed by atoms with Crippen molar-refractivity contribution >= 4 is 29.5 Å². The monoisotopic (exact) mass is 568 g/mol. The molecule has 0 saturated carbocycles. The molecular formula is C31H44N4O6. The number of ether oxygens (including phenoxy) is 1. The van der Waals surface area contributed by atoms with Gasteiger partial charge in [0, 0.05) is 23.2 Å². The molecule has 2 aromatic carbocycles. The lowest BCUT2D eigenvalue weighted by Crippen LogP contribution is -2.59. The van der Waals surface area contributed by atoms with Crippen LogP contribution in [0.15, 0.2) is 42.5 Å². The molecule has 224 valence electrons. The third-order valence-corrected chi connectivity index (χ3v) is 6.89. The minimum absolute atomic E-state index is 0.115. The van der Waals surface area contributed by atoms with E-state index in [-0.39, 0.29) is 24.2 Å². The Labute approximate surface area is 242 Å². The van der Waals surface area contributed by atoms with Crippen molar-refractivity contribution in [2.24, 2.45) is 5.73 Å². The summed E-state index contributed by atoms with van der Waals surface area (Å²) >= 11 is 0. The molecule has 2 rings (SSSR count). The zero-order chi connectivity index (χ0) is 31.1. The van der Waals surface area contributed by atoms with Crippen molar-refractivity contribution in [3.8, 4) is 5.75 Å². The van der Waals surface area contributed by atoms with Crippen LogP contribution < -0.4 is 16.4 Å². The summed E-state index contributed by atoms with van der Waals surface area (Å²) in [7, 11) is 0. The predicted octanol–water partition coefficient (Wildman–Crippen LogP) is 4.86. The minimum atomic E-state index is -1.30. The Morgan fingerprint density at radius 2 is 1.56 bits per heavy atom. The van der Waals surface area contributed by atoms with E-state index in [0.29, 0.717) is 12.1 Å². The Balaban J connectivity index is 2.70. The average molecular weight is 569 g/mol. The largest absolute Gasteiger partial charge is 0.508 e. The lowest BCUT2D eigenvalue weighted by molar-refractivity contribution is -0.148. The number of phenolic OH excluding ortho intramolecular Hbond substituents is 1. The fourth-order valence-corrected chi connectivity index (χ4v) is 4.43. The van der Waals surface area contributed by atoms with Crippen molar-refractivity contribution < 1.29 is 29.0 Å². The highest BCUT2D eigenvalue weighted by Gasteiger charge is 2.44. The van der Waals surface area contributed by atoms with Gasteiger partial charge in [-0.2, -0.15) is 0 Å². The molecule has 10 nitrogen and oxygen atoms in total. The number of phenols is 1. The van der Waals surface area contributed by atoms with Crippen molar-refractivity contribution in [2.45, 2.75) is 97.9 Å². The second kappa shape index (κ2) is 13.5. The summed E-state index contributed by atoms with van der Waals surface area (Å²) in [5.41, 5.74) is 6.06. The van der Waals surface area contributed by atoms with E-state index < -0.39 is 47.0 Å². The van der Waals surface area contributed by atoms with Crippen molar-refractivity contribution in [2.75, 3.05) is 5.32 Å². The van der Waals surface area contributed by atoms with E-state index in [2.05, 4.69) is 10.6 Å². The summed E-state index contributed by atoms with van der Waals surface area (Å²) in [6.07, 6.45) is -0.735. The van der Waals surface area contributed by atoms with Crippen LogP contribution in [0.5, 0.6) is 5.75 Å². The second-order valence-corrected chi connectivity index (χ2v) is 11.8. The van der Waals surface area contributed by atoms with Gasteiger partial charge in [-0.15, -0.1) is 0 Å². The van der Waals surface area contributed by atoms with Gasteiger partial charge in [0.15, 0.2) is 0 Å². The zero-order valence-electron chi connectivity index (χ0n) is 25.3. The summed E-state index contributed by atoms with van der Waals surface area (Å²) in [4.78, 5) is 54.4. The number of amides is 4. The van der Waals surface area contributed by atoms with Gasteiger partial charge in [-0.1, -0.05) is 43.3 Å². The highest BCUT2D eigenvalue weighted by atomic mass is 16.6. The Kier molecular flexibility index (Phi) is 10.9. The van der Waals surface area contributed by atoms with Crippen molar-refractivity contribution in [3.05, 3.63) is 59.2 Å². The number of primary amides is 1. The molecule has 4 amide bonds. The van der Waals surface area contributed by atoms with Gasteiger partial charge in [-0.3, -0.25) is 14.4 Å². The summed E-state index contributed by atoms with van der Waals surface area (Å²) in [6, 6.07) is 9.37. The number of hydrogen-bond donors (Lipinski definition) is 4. The highest BCUT2D eigenvalue weighted by molar-refractivity contribution is 6.00. The molecule has 2 unspecified atom stereocenters. The molecular weight excluding hydrogens is 524 g/mol. The molecule has 0 spiro atoms. The first-order valence-corrected chi connectivity index (χ1v) is 13.7. The van der Waals surface area contributed by atoms with Crippen LogP contribution in [0.2, 0.25) is 0 Å².